The SMILES string of the molecule is CC(C)Cc1[nH]nc2c(N)cccc12. The van der Waals surface area contributed by atoms with Gasteiger partial charge in [0.05, 0.1) is 5.69 Å². The second-order valence-corrected chi connectivity index (χ2v) is 4.04. The van der Waals surface area contributed by atoms with E-state index in [9.17, 15) is 0 Å². The Kier molecular flexibility index (Phi) is 2.15. The van der Waals surface area contributed by atoms with Crippen LogP contribution in [0.25, 0.3) is 10.9 Å². The molecule has 2 aromatic rings. The van der Waals surface area contributed by atoms with Crippen molar-refractivity contribution in [1.82, 2.24) is 10.2 Å². The van der Waals surface area contributed by atoms with Gasteiger partial charge in [0.25, 0.3) is 0 Å². The molecule has 1 aromatic heterocycles. The van der Waals surface area contributed by atoms with E-state index in [0.717, 1.165) is 23.0 Å². The third-order valence-corrected chi connectivity index (χ3v) is 2.31. The maximum absolute atomic E-state index is 5.82. The Morgan fingerprint density at radius 3 is 2.93 bits per heavy atom. The number of aromatic amines is 1. The molecule has 0 amide bonds. The van der Waals surface area contributed by atoms with E-state index >= 15 is 0 Å². The van der Waals surface area contributed by atoms with Crippen molar-refractivity contribution in [3.63, 3.8) is 0 Å². The Labute approximate surface area is 83.3 Å². The maximum Gasteiger partial charge on any atom is 0.115 e. The van der Waals surface area contributed by atoms with Crippen LogP contribution in [-0.2, 0) is 6.42 Å². The standard InChI is InChI=1S/C11H15N3/c1-7(2)6-10-8-4-3-5-9(12)11(8)14-13-10/h3-5,7H,6,12H2,1-2H3,(H,13,14). The summed E-state index contributed by atoms with van der Waals surface area (Å²) in [5.41, 5.74) is 8.64. The molecule has 0 aliphatic heterocycles. The van der Waals surface area contributed by atoms with Gasteiger partial charge in [-0.05, 0) is 18.4 Å². The number of fused-ring (bicyclic) bond motifs is 1. The van der Waals surface area contributed by atoms with Crippen LogP contribution >= 0.6 is 0 Å². The minimum atomic E-state index is 0.625. The third-order valence-electron chi connectivity index (χ3n) is 2.31. The Hall–Kier alpha value is -1.51. The maximum atomic E-state index is 5.82. The molecule has 3 nitrogen and oxygen atoms in total. The van der Waals surface area contributed by atoms with Crippen molar-refractivity contribution in [3.05, 3.63) is 23.9 Å². The van der Waals surface area contributed by atoms with Gasteiger partial charge >= 0.3 is 0 Å². The number of H-pyrrole nitrogens is 1. The molecular formula is C11H15N3. The minimum absolute atomic E-state index is 0.625. The number of nitrogen functional groups attached to an aromatic ring is 1. The first kappa shape index (κ1) is 9.06. The fraction of sp³-hybridized carbons (Fsp3) is 0.364. The zero-order valence-corrected chi connectivity index (χ0v) is 8.54. The number of hydrogen-bond acceptors (Lipinski definition) is 2. The number of aromatic nitrogens is 2. The molecule has 2 rings (SSSR count). The number of nitrogens with two attached hydrogens (primary N) is 1. The molecule has 0 aliphatic carbocycles. The number of hydrogen-bond donors (Lipinski definition) is 2. The molecule has 74 valence electrons. The number of benzene rings is 1. The van der Waals surface area contributed by atoms with Crippen molar-refractivity contribution in [2.45, 2.75) is 20.3 Å². The summed E-state index contributed by atoms with van der Waals surface area (Å²) in [4.78, 5) is 0. The van der Waals surface area contributed by atoms with Crippen LogP contribution < -0.4 is 5.73 Å². The van der Waals surface area contributed by atoms with Gasteiger partial charge in [-0.25, -0.2) is 0 Å². The summed E-state index contributed by atoms with van der Waals surface area (Å²) in [7, 11) is 0. The van der Waals surface area contributed by atoms with Crippen LogP contribution in [0.15, 0.2) is 18.2 Å². The van der Waals surface area contributed by atoms with E-state index in [2.05, 4.69) is 30.1 Å². The molecule has 3 heteroatoms. The first-order valence-electron chi connectivity index (χ1n) is 4.90. The number of para-hydroxylation sites is 1. The molecular weight excluding hydrogens is 174 g/mol. The van der Waals surface area contributed by atoms with Crippen molar-refractivity contribution in [1.29, 1.82) is 0 Å². The van der Waals surface area contributed by atoms with Gasteiger partial charge in [-0.1, -0.05) is 26.0 Å². The molecule has 0 saturated carbocycles. The highest BCUT2D eigenvalue weighted by Crippen LogP contribution is 2.22. The summed E-state index contributed by atoms with van der Waals surface area (Å²) >= 11 is 0. The fourth-order valence-electron chi connectivity index (χ4n) is 1.68. The lowest BCUT2D eigenvalue weighted by molar-refractivity contribution is 0.636. The van der Waals surface area contributed by atoms with Gasteiger partial charge in [0.1, 0.15) is 5.52 Å². The summed E-state index contributed by atoms with van der Waals surface area (Å²) in [5.74, 6) is 0.625. The van der Waals surface area contributed by atoms with E-state index in [1.165, 1.54) is 5.69 Å². The highest BCUT2D eigenvalue weighted by Gasteiger charge is 2.08. The first-order valence-corrected chi connectivity index (χ1v) is 4.90. The van der Waals surface area contributed by atoms with E-state index in [1.807, 2.05) is 12.1 Å². The number of nitrogens with one attached hydrogen (secondary N) is 1. The zero-order valence-electron chi connectivity index (χ0n) is 8.54. The number of anilines is 1. The van der Waals surface area contributed by atoms with Crippen LogP contribution in [-0.4, -0.2) is 10.2 Å². The van der Waals surface area contributed by atoms with Crippen molar-refractivity contribution >= 4 is 16.6 Å². The van der Waals surface area contributed by atoms with Gasteiger partial charge in [0.15, 0.2) is 0 Å². The largest absolute Gasteiger partial charge is 0.397 e. The topological polar surface area (TPSA) is 54.7 Å². The minimum Gasteiger partial charge on any atom is -0.397 e. The smallest absolute Gasteiger partial charge is 0.115 e. The summed E-state index contributed by atoms with van der Waals surface area (Å²) < 4.78 is 0. The monoisotopic (exact) mass is 189 g/mol. The zero-order chi connectivity index (χ0) is 10.1. The van der Waals surface area contributed by atoms with Gasteiger partial charge < -0.3 is 5.73 Å². The van der Waals surface area contributed by atoms with E-state index in [-0.39, 0.29) is 0 Å². The molecule has 0 fully saturated rings. The molecule has 0 atom stereocenters. The molecule has 0 aliphatic rings. The summed E-state index contributed by atoms with van der Waals surface area (Å²) in [6, 6.07) is 5.91. The highest BCUT2D eigenvalue weighted by molar-refractivity contribution is 5.90. The average Bonchev–Trinajstić information content (AvgIpc) is 2.49. The lowest BCUT2D eigenvalue weighted by Crippen LogP contribution is -1.94. The predicted molar refractivity (Wildman–Crippen MR) is 59.0 cm³/mol. The van der Waals surface area contributed by atoms with Crippen LogP contribution in [0.5, 0.6) is 0 Å². The molecule has 0 saturated heterocycles. The lowest BCUT2D eigenvalue weighted by Gasteiger charge is -2.01. The van der Waals surface area contributed by atoms with Gasteiger partial charge in [0, 0.05) is 11.1 Å². The third kappa shape index (κ3) is 1.45. The molecule has 14 heavy (non-hydrogen) atoms. The van der Waals surface area contributed by atoms with Crippen LogP contribution in [0.1, 0.15) is 19.5 Å². The molecule has 3 N–H and O–H groups in total. The van der Waals surface area contributed by atoms with Crippen LogP contribution in [0.4, 0.5) is 5.69 Å². The molecule has 0 unspecified atom stereocenters. The number of nitrogens with zero attached hydrogens (tertiary/aromatic N) is 1. The molecule has 1 aromatic carbocycles. The fourth-order valence-corrected chi connectivity index (χ4v) is 1.68. The summed E-state index contributed by atoms with van der Waals surface area (Å²) in [6.07, 6.45) is 1.01. The summed E-state index contributed by atoms with van der Waals surface area (Å²) in [5, 5.41) is 8.43. The molecule has 0 radical (unpaired) electrons. The van der Waals surface area contributed by atoms with Gasteiger partial charge in [-0.3, -0.25) is 5.10 Å². The van der Waals surface area contributed by atoms with Gasteiger partial charge in [-0.2, -0.15) is 5.10 Å². The Morgan fingerprint density at radius 1 is 1.43 bits per heavy atom. The predicted octanol–water partition coefficient (Wildman–Crippen LogP) is 2.34. The lowest BCUT2D eigenvalue weighted by atomic mass is 10.0. The van der Waals surface area contributed by atoms with E-state index in [1.54, 1.807) is 0 Å². The van der Waals surface area contributed by atoms with Crippen molar-refractivity contribution < 1.29 is 0 Å². The second-order valence-electron chi connectivity index (χ2n) is 4.04. The molecule has 1 heterocycles. The average molecular weight is 189 g/mol. The Balaban J connectivity index is 2.52. The van der Waals surface area contributed by atoms with Crippen molar-refractivity contribution in [2.75, 3.05) is 5.73 Å². The van der Waals surface area contributed by atoms with Crippen LogP contribution in [0.2, 0.25) is 0 Å². The van der Waals surface area contributed by atoms with E-state index < -0.39 is 0 Å². The highest BCUT2D eigenvalue weighted by atomic mass is 15.1. The molecule has 0 bridgehead atoms. The number of rotatable bonds is 2. The van der Waals surface area contributed by atoms with Gasteiger partial charge in [0.2, 0.25) is 0 Å². The Bertz CT molecular complexity index is 443. The Morgan fingerprint density at radius 2 is 2.21 bits per heavy atom. The van der Waals surface area contributed by atoms with Crippen molar-refractivity contribution in [3.8, 4) is 0 Å². The first-order chi connectivity index (χ1) is 6.68. The van der Waals surface area contributed by atoms with Gasteiger partial charge in [-0.15, -0.1) is 0 Å². The normalized spacial score (nSPS) is 11.4. The quantitative estimate of drug-likeness (QED) is 0.712. The van der Waals surface area contributed by atoms with Crippen LogP contribution in [0, 0.1) is 5.92 Å². The molecule has 0 spiro atoms. The van der Waals surface area contributed by atoms with E-state index in [0.29, 0.717) is 5.92 Å². The van der Waals surface area contributed by atoms with E-state index in [4.69, 9.17) is 5.73 Å². The second kappa shape index (κ2) is 3.33. The van der Waals surface area contributed by atoms with Crippen molar-refractivity contribution in [2.24, 2.45) is 5.92 Å². The summed E-state index contributed by atoms with van der Waals surface area (Å²) in [6.45, 7) is 4.39. The van der Waals surface area contributed by atoms with Crippen LogP contribution in [0.3, 0.4) is 0 Å².